The number of hydrogen-bond acceptors (Lipinski definition) is 4. The third kappa shape index (κ3) is 1.88. The maximum atomic E-state index is 12.1. The van der Waals surface area contributed by atoms with Crippen LogP contribution in [0, 0.1) is 0 Å². The van der Waals surface area contributed by atoms with E-state index in [-0.39, 0.29) is 5.91 Å². The van der Waals surface area contributed by atoms with E-state index in [9.17, 15) is 4.79 Å². The first kappa shape index (κ1) is 11.3. The quantitative estimate of drug-likeness (QED) is 0.866. The van der Waals surface area contributed by atoms with Gasteiger partial charge in [0, 0.05) is 18.1 Å². The van der Waals surface area contributed by atoms with Crippen molar-refractivity contribution in [2.45, 2.75) is 19.3 Å². The summed E-state index contributed by atoms with van der Waals surface area (Å²) in [7, 11) is 1.80. The maximum Gasteiger partial charge on any atom is 0.274 e. The van der Waals surface area contributed by atoms with Crippen LogP contribution in [0.1, 0.15) is 27.5 Å². The normalized spacial score (nSPS) is 13.6. The monoisotopic (exact) mass is 262 g/mol. The van der Waals surface area contributed by atoms with Crippen LogP contribution in [-0.2, 0) is 19.9 Å². The molecule has 0 bridgehead atoms. The Morgan fingerprint density at radius 3 is 3.06 bits per heavy atom. The van der Waals surface area contributed by atoms with Crippen LogP contribution < -0.4 is 11.1 Å². The number of nitrogens with two attached hydrogens (primary N) is 1. The Morgan fingerprint density at radius 1 is 1.56 bits per heavy atom. The molecule has 0 fully saturated rings. The largest absolute Gasteiger partial charge is 0.397 e. The van der Waals surface area contributed by atoms with E-state index in [2.05, 4.69) is 10.3 Å². The number of carbonyl (C=O) groups is 1. The summed E-state index contributed by atoms with van der Waals surface area (Å²) >= 11 is 1.57. The predicted octanol–water partition coefficient (Wildman–Crippen LogP) is 1.80. The molecule has 3 rings (SSSR count). The molecule has 0 spiro atoms. The van der Waals surface area contributed by atoms with Crippen LogP contribution >= 0.6 is 11.3 Å². The lowest BCUT2D eigenvalue weighted by molar-refractivity contribution is 0.101. The van der Waals surface area contributed by atoms with E-state index >= 15 is 0 Å². The minimum atomic E-state index is -0.165. The molecule has 18 heavy (non-hydrogen) atoms. The number of aromatic nitrogens is 2. The van der Waals surface area contributed by atoms with Crippen molar-refractivity contribution >= 4 is 28.1 Å². The number of amides is 1. The second kappa shape index (κ2) is 4.13. The highest BCUT2D eigenvalue weighted by Gasteiger charge is 2.19. The van der Waals surface area contributed by atoms with Gasteiger partial charge in [-0.25, -0.2) is 4.98 Å². The summed E-state index contributed by atoms with van der Waals surface area (Å²) in [6, 6.07) is 1.66. The molecular weight excluding hydrogens is 248 g/mol. The molecule has 1 aliphatic rings. The van der Waals surface area contributed by atoms with E-state index in [0.29, 0.717) is 16.5 Å². The molecule has 0 unspecified atom stereocenters. The zero-order valence-electron chi connectivity index (χ0n) is 10.1. The SMILES string of the molecule is Cn1cc(N)cc1C(=O)Nc1nc2c(s1)CCC2. The van der Waals surface area contributed by atoms with Gasteiger partial charge in [-0.05, 0) is 25.3 Å². The van der Waals surface area contributed by atoms with E-state index in [0.717, 1.165) is 18.5 Å². The number of thiazole rings is 1. The summed E-state index contributed by atoms with van der Waals surface area (Å²) in [6.07, 6.45) is 5.01. The Labute approximate surface area is 109 Å². The topological polar surface area (TPSA) is 72.9 Å². The second-order valence-electron chi connectivity index (χ2n) is 4.47. The number of rotatable bonds is 2. The molecule has 0 atom stereocenters. The smallest absolute Gasteiger partial charge is 0.274 e. The Balaban J connectivity index is 1.79. The maximum absolute atomic E-state index is 12.1. The third-order valence-electron chi connectivity index (χ3n) is 3.07. The van der Waals surface area contributed by atoms with Crippen molar-refractivity contribution < 1.29 is 4.79 Å². The Morgan fingerprint density at radius 2 is 2.39 bits per heavy atom. The fourth-order valence-corrected chi connectivity index (χ4v) is 3.27. The van der Waals surface area contributed by atoms with Crippen LogP contribution in [0.3, 0.4) is 0 Å². The average Bonchev–Trinajstić information content (AvgIpc) is 2.92. The number of anilines is 2. The molecule has 6 heteroatoms. The summed E-state index contributed by atoms with van der Waals surface area (Å²) in [5.74, 6) is -0.165. The Kier molecular flexibility index (Phi) is 2.59. The summed E-state index contributed by atoms with van der Waals surface area (Å²) in [4.78, 5) is 17.8. The van der Waals surface area contributed by atoms with Gasteiger partial charge in [0.2, 0.25) is 0 Å². The van der Waals surface area contributed by atoms with Gasteiger partial charge in [0.1, 0.15) is 5.69 Å². The molecule has 0 aliphatic heterocycles. The highest BCUT2D eigenvalue weighted by Crippen LogP contribution is 2.30. The zero-order chi connectivity index (χ0) is 12.7. The fraction of sp³-hybridized carbons (Fsp3) is 0.333. The Hall–Kier alpha value is -1.82. The van der Waals surface area contributed by atoms with Gasteiger partial charge in [-0.2, -0.15) is 0 Å². The lowest BCUT2D eigenvalue weighted by Gasteiger charge is -2.02. The fourth-order valence-electron chi connectivity index (χ4n) is 2.22. The molecule has 5 nitrogen and oxygen atoms in total. The van der Waals surface area contributed by atoms with E-state index in [1.165, 1.54) is 11.3 Å². The van der Waals surface area contributed by atoms with Crippen LogP contribution in [0.15, 0.2) is 12.3 Å². The second-order valence-corrected chi connectivity index (χ2v) is 5.55. The first-order valence-corrected chi connectivity index (χ1v) is 6.67. The first-order chi connectivity index (χ1) is 8.63. The lowest BCUT2D eigenvalue weighted by atomic mass is 10.4. The van der Waals surface area contributed by atoms with Crippen molar-refractivity contribution in [1.29, 1.82) is 0 Å². The predicted molar refractivity (Wildman–Crippen MR) is 71.9 cm³/mol. The van der Waals surface area contributed by atoms with Crippen LogP contribution in [0.5, 0.6) is 0 Å². The van der Waals surface area contributed by atoms with Crippen LogP contribution in [0.25, 0.3) is 0 Å². The third-order valence-corrected chi connectivity index (χ3v) is 4.15. The average molecular weight is 262 g/mol. The molecular formula is C12H14N4OS. The van der Waals surface area contributed by atoms with Gasteiger partial charge in [-0.1, -0.05) is 0 Å². The molecule has 3 N–H and O–H groups in total. The van der Waals surface area contributed by atoms with Crippen molar-refractivity contribution in [2.24, 2.45) is 7.05 Å². The van der Waals surface area contributed by atoms with E-state index in [1.807, 2.05) is 0 Å². The van der Waals surface area contributed by atoms with Crippen LogP contribution in [0.4, 0.5) is 10.8 Å². The number of nitrogens with one attached hydrogen (secondary N) is 1. The first-order valence-electron chi connectivity index (χ1n) is 5.85. The molecule has 0 aromatic carbocycles. The van der Waals surface area contributed by atoms with Gasteiger partial charge in [0.15, 0.2) is 5.13 Å². The van der Waals surface area contributed by atoms with E-state index in [4.69, 9.17) is 5.73 Å². The molecule has 94 valence electrons. The molecule has 1 amide bonds. The number of hydrogen-bond donors (Lipinski definition) is 2. The van der Waals surface area contributed by atoms with Crippen molar-refractivity contribution in [2.75, 3.05) is 11.1 Å². The van der Waals surface area contributed by atoms with Gasteiger partial charge in [-0.3, -0.25) is 10.1 Å². The van der Waals surface area contributed by atoms with E-state index in [1.54, 1.807) is 35.2 Å². The van der Waals surface area contributed by atoms with E-state index < -0.39 is 0 Å². The number of aryl methyl sites for hydroxylation is 3. The molecule has 0 radical (unpaired) electrons. The summed E-state index contributed by atoms with van der Waals surface area (Å²) in [5, 5.41) is 3.52. The van der Waals surface area contributed by atoms with Gasteiger partial charge >= 0.3 is 0 Å². The lowest BCUT2D eigenvalue weighted by Crippen LogP contribution is -2.15. The molecule has 2 heterocycles. The number of fused-ring (bicyclic) bond motifs is 1. The summed E-state index contributed by atoms with van der Waals surface area (Å²) in [6.45, 7) is 0. The van der Waals surface area contributed by atoms with Crippen molar-refractivity contribution in [3.8, 4) is 0 Å². The standard InChI is InChI=1S/C12H14N4OS/c1-16-6-7(13)5-9(16)11(17)15-12-14-8-3-2-4-10(8)18-12/h5-6H,2-4,13H2,1H3,(H,14,15,17). The molecule has 1 aliphatic carbocycles. The summed E-state index contributed by atoms with van der Waals surface area (Å²) in [5.41, 5.74) is 7.93. The molecule has 0 saturated carbocycles. The van der Waals surface area contributed by atoms with Gasteiger partial charge in [0.05, 0.1) is 11.4 Å². The van der Waals surface area contributed by atoms with Crippen molar-refractivity contribution in [3.05, 3.63) is 28.5 Å². The van der Waals surface area contributed by atoms with Gasteiger partial charge in [0.25, 0.3) is 5.91 Å². The highest BCUT2D eigenvalue weighted by atomic mass is 32.1. The number of nitrogen functional groups attached to an aromatic ring is 1. The highest BCUT2D eigenvalue weighted by molar-refractivity contribution is 7.15. The minimum Gasteiger partial charge on any atom is -0.397 e. The van der Waals surface area contributed by atoms with Crippen LogP contribution in [-0.4, -0.2) is 15.5 Å². The minimum absolute atomic E-state index is 0.165. The van der Waals surface area contributed by atoms with Crippen molar-refractivity contribution in [1.82, 2.24) is 9.55 Å². The molecule has 0 saturated heterocycles. The van der Waals surface area contributed by atoms with Gasteiger partial charge < -0.3 is 10.3 Å². The van der Waals surface area contributed by atoms with Gasteiger partial charge in [-0.15, -0.1) is 11.3 Å². The Bertz CT molecular complexity index is 592. The zero-order valence-corrected chi connectivity index (χ0v) is 10.9. The number of carbonyl (C=O) groups excluding carboxylic acids is 1. The van der Waals surface area contributed by atoms with Crippen LogP contribution in [0.2, 0.25) is 0 Å². The summed E-state index contributed by atoms with van der Waals surface area (Å²) < 4.78 is 1.71. The number of nitrogens with zero attached hydrogens (tertiary/aromatic N) is 2. The molecule has 2 aromatic heterocycles. The van der Waals surface area contributed by atoms with Crippen molar-refractivity contribution in [3.63, 3.8) is 0 Å². The molecule has 2 aromatic rings.